The summed E-state index contributed by atoms with van der Waals surface area (Å²) in [5.74, 6) is -3.25. The lowest BCUT2D eigenvalue weighted by molar-refractivity contribution is -0.142. The normalized spacial score (nSPS) is 17.2. The minimum absolute atomic E-state index is 0.256. The Hall–Kier alpha value is -3.06. The summed E-state index contributed by atoms with van der Waals surface area (Å²) in [7, 11) is 3.07. The van der Waals surface area contributed by atoms with Crippen LogP contribution in [0, 0.1) is 5.92 Å². The highest BCUT2D eigenvalue weighted by molar-refractivity contribution is 6.26. The molecule has 1 aromatic rings. The van der Waals surface area contributed by atoms with Crippen LogP contribution < -0.4 is 5.32 Å². The molecule has 2 amide bonds. The molecule has 142 valence electrons. The van der Waals surface area contributed by atoms with E-state index in [9.17, 15) is 19.2 Å². The zero-order valence-electron chi connectivity index (χ0n) is 15.5. The average Bonchev–Trinajstić information content (AvgIpc) is 2.65. The van der Waals surface area contributed by atoms with E-state index in [1.54, 1.807) is 38.3 Å². The molecule has 0 saturated heterocycles. The predicted molar refractivity (Wildman–Crippen MR) is 99.7 cm³/mol. The highest BCUT2D eigenvalue weighted by atomic mass is 16.5. The van der Waals surface area contributed by atoms with Crippen molar-refractivity contribution in [3.63, 3.8) is 0 Å². The van der Waals surface area contributed by atoms with Gasteiger partial charge < -0.3 is 15.0 Å². The summed E-state index contributed by atoms with van der Waals surface area (Å²) in [6.07, 6.45) is 3.98. The molecule has 1 N–H and O–H groups in total. The van der Waals surface area contributed by atoms with Gasteiger partial charge in [-0.1, -0.05) is 18.2 Å². The lowest BCUT2D eigenvalue weighted by atomic mass is 9.92. The average molecular weight is 370 g/mol. The van der Waals surface area contributed by atoms with Gasteiger partial charge in [0.2, 0.25) is 5.91 Å². The molecule has 0 aromatic heterocycles. The smallest absolute Gasteiger partial charge is 0.251 e. The second-order valence-corrected chi connectivity index (χ2v) is 6.13. The van der Waals surface area contributed by atoms with Crippen molar-refractivity contribution in [3.05, 3.63) is 53.2 Å². The monoisotopic (exact) mass is 370 g/mol. The van der Waals surface area contributed by atoms with Crippen LogP contribution in [0.4, 0.5) is 0 Å². The Morgan fingerprint density at radius 2 is 2.04 bits per heavy atom. The van der Waals surface area contributed by atoms with Crippen LogP contribution in [0.5, 0.6) is 0 Å². The summed E-state index contributed by atoms with van der Waals surface area (Å²) >= 11 is 0. The Balaban J connectivity index is 2.10. The number of allylic oxidation sites excluding steroid dienone is 3. The molecule has 1 heterocycles. The van der Waals surface area contributed by atoms with E-state index in [2.05, 4.69) is 5.32 Å². The van der Waals surface area contributed by atoms with E-state index >= 15 is 0 Å². The molecule has 0 radical (unpaired) electrons. The van der Waals surface area contributed by atoms with E-state index < -0.39 is 23.4 Å². The molecule has 0 bridgehead atoms. The Morgan fingerprint density at radius 1 is 1.30 bits per heavy atom. The van der Waals surface area contributed by atoms with Gasteiger partial charge in [0, 0.05) is 38.0 Å². The Morgan fingerprint density at radius 3 is 2.74 bits per heavy atom. The van der Waals surface area contributed by atoms with Crippen LogP contribution in [0.1, 0.15) is 22.8 Å². The first-order valence-electron chi connectivity index (χ1n) is 8.44. The Bertz CT molecular complexity index is 825. The van der Waals surface area contributed by atoms with Gasteiger partial charge in [-0.15, -0.1) is 0 Å². The van der Waals surface area contributed by atoms with Crippen molar-refractivity contribution in [2.24, 2.45) is 5.92 Å². The standard InChI is InChI=1S/C20H22N2O5/c1-13-11-17(24)18(20(26)22(13)2)16(23)8-7-14-5-4-6-15(12-14)19(25)21-9-10-27-3/h4-8,11-12,18H,9-10H2,1-3H3,(H,21,25)/b8-7+. The molecule has 0 fully saturated rings. The number of ether oxygens (including phenoxy) is 1. The third-order valence-corrected chi connectivity index (χ3v) is 4.21. The number of amides is 2. The molecular formula is C20H22N2O5. The molecule has 1 unspecified atom stereocenters. The molecule has 2 rings (SSSR count). The number of carbonyl (C=O) groups excluding carboxylic acids is 4. The van der Waals surface area contributed by atoms with Crippen molar-refractivity contribution in [1.82, 2.24) is 10.2 Å². The molecule has 0 aliphatic carbocycles. The molecule has 0 spiro atoms. The number of rotatable bonds is 7. The highest BCUT2D eigenvalue weighted by Crippen LogP contribution is 2.18. The van der Waals surface area contributed by atoms with Crippen molar-refractivity contribution in [2.75, 3.05) is 27.3 Å². The SMILES string of the molecule is COCCNC(=O)c1cccc(/C=C/C(=O)C2C(=O)C=C(C)N(C)C2=O)c1. The van der Waals surface area contributed by atoms with Crippen LogP contribution in [-0.2, 0) is 19.1 Å². The van der Waals surface area contributed by atoms with Crippen LogP contribution in [-0.4, -0.2) is 55.6 Å². The second kappa shape index (κ2) is 9.05. The van der Waals surface area contributed by atoms with Crippen molar-refractivity contribution in [3.8, 4) is 0 Å². The number of ketones is 2. The number of hydrogen-bond acceptors (Lipinski definition) is 5. The van der Waals surface area contributed by atoms with Gasteiger partial charge in [0.05, 0.1) is 6.61 Å². The van der Waals surface area contributed by atoms with Crippen molar-refractivity contribution < 1.29 is 23.9 Å². The molecular weight excluding hydrogens is 348 g/mol. The molecule has 1 aliphatic heterocycles. The lowest BCUT2D eigenvalue weighted by Gasteiger charge is -2.25. The number of nitrogens with one attached hydrogen (secondary N) is 1. The van der Waals surface area contributed by atoms with Crippen LogP contribution in [0.3, 0.4) is 0 Å². The van der Waals surface area contributed by atoms with E-state index in [1.807, 2.05) is 0 Å². The summed E-state index contributed by atoms with van der Waals surface area (Å²) in [4.78, 5) is 50.0. The summed E-state index contributed by atoms with van der Waals surface area (Å²) in [6, 6.07) is 6.67. The Kier molecular flexibility index (Phi) is 6.79. The summed E-state index contributed by atoms with van der Waals surface area (Å²) in [6.45, 7) is 2.43. The van der Waals surface area contributed by atoms with Crippen LogP contribution in [0.2, 0.25) is 0 Å². The van der Waals surface area contributed by atoms with Gasteiger partial charge in [-0.3, -0.25) is 19.2 Å². The Labute approximate surface area is 157 Å². The fourth-order valence-corrected chi connectivity index (χ4v) is 2.56. The van der Waals surface area contributed by atoms with E-state index in [1.165, 1.54) is 30.2 Å². The fraction of sp³-hybridized carbons (Fsp3) is 0.300. The summed E-state index contributed by atoms with van der Waals surface area (Å²) < 4.78 is 4.88. The van der Waals surface area contributed by atoms with E-state index in [4.69, 9.17) is 4.74 Å². The van der Waals surface area contributed by atoms with Crippen molar-refractivity contribution in [2.45, 2.75) is 6.92 Å². The molecule has 1 aromatic carbocycles. The first kappa shape index (κ1) is 20.3. The van der Waals surface area contributed by atoms with E-state index in [0.29, 0.717) is 30.0 Å². The van der Waals surface area contributed by atoms with Crippen molar-refractivity contribution in [1.29, 1.82) is 0 Å². The number of methoxy groups -OCH3 is 1. The van der Waals surface area contributed by atoms with Gasteiger partial charge in [0.15, 0.2) is 17.5 Å². The fourth-order valence-electron chi connectivity index (χ4n) is 2.56. The highest BCUT2D eigenvalue weighted by Gasteiger charge is 2.37. The molecule has 1 aliphatic rings. The maximum atomic E-state index is 12.4. The largest absolute Gasteiger partial charge is 0.383 e. The molecule has 27 heavy (non-hydrogen) atoms. The van der Waals surface area contributed by atoms with E-state index in [-0.39, 0.29) is 5.91 Å². The third-order valence-electron chi connectivity index (χ3n) is 4.21. The van der Waals surface area contributed by atoms with Gasteiger partial charge >= 0.3 is 0 Å². The quantitative estimate of drug-likeness (QED) is 0.442. The van der Waals surface area contributed by atoms with Crippen LogP contribution >= 0.6 is 0 Å². The zero-order chi connectivity index (χ0) is 20.0. The van der Waals surface area contributed by atoms with Gasteiger partial charge in [-0.2, -0.15) is 0 Å². The summed E-state index contributed by atoms with van der Waals surface area (Å²) in [5.41, 5.74) is 1.55. The number of hydrogen-bond donors (Lipinski definition) is 1. The number of nitrogens with zero attached hydrogens (tertiary/aromatic N) is 1. The number of benzene rings is 1. The molecule has 0 saturated carbocycles. The summed E-state index contributed by atoms with van der Waals surface area (Å²) in [5, 5.41) is 2.71. The predicted octanol–water partition coefficient (Wildman–Crippen LogP) is 1.21. The van der Waals surface area contributed by atoms with Gasteiger partial charge in [0.1, 0.15) is 0 Å². The maximum Gasteiger partial charge on any atom is 0.251 e. The minimum atomic E-state index is -1.35. The molecule has 7 nitrogen and oxygen atoms in total. The topological polar surface area (TPSA) is 92.8 Å². The second-order valence-electron chi connectivity index (χ2n) is 6.13. The van der Waals surface area contributed by atoms with Gasteiger partial charge in [-0.05, 0) is 30.7 Å². The zero-order valence-corrected chi connectivity index (χ0v) is 15.5. The lowest BCUT2D eigenvalue weighted by Crippen LogP contribution is -2.43. The molecule has 1 atom stereocenters. The van der Waals surface area contributed by atoms with E-state index in [0.717, 1.165) is 0 Å². The first-order chi connectivity index (χ1) is 12.8. The van der Waals surface area contributed by atoms with Gasteiger partial charge in [-0.25, -0.2) is 0 Å². The van der Waals surface area contributed by atoms with Crippen molar-refractivity contribution >= 4 is 29.5 Å². The molecule has 7 heteroatoms. The minimum Gasteiger partial charge on any atom is -0.383 e. The first-order valence-corrected chi connectivity index (χ1v) is 8.44. The third kappa shape index (κ3) is 4.98. The van der Waals surface area contributed by atoms with Crippen LogP contribution in [0.15, 0.2) is 42.1 Å². The maximum absolute atomic E-state index is 12.4. The number of carbonyl (C=O) groups is 4. The van der Waals surface area contributed by atoms with Crippen LogP contribution in [0.25, 0.3) is 6.08 Å². The van der Waals surface area contributed by atoms with Gasteiger partial charge in [0.25, 0.3) is 5.91 Å².